The van der Waals surface area contributed by atoms with Gasteiger partial charge >= 0.3 is 14.5 Å². The Labute approximate surface area is 278 Å². The minimum atomic E-state index is -4.93. The van der Waals surface area contributed by atoms with Crippen molar-refractivity contribution >= 4 is 71.8 Å². The molecule has 0 aliphatic carbocycles. The van der Waals surface area contributed by atoms with Gasteiger partial charge in [-0.2, -0.15) is 4.37 Å². The quantitative estimate of drug-likeness (QED) is 0.175. The van der Waals surface area contributed by atoms with Gasteiger partial charge in [-0.25, -0.2) is 24.5 Å². The predicted molar refractivity (Wildman–Crippen MR) is 168 cm³/mol. The second-order valence-corrected chi connectivity index (χ2v) is 16.2. The van der Waals surface area contributed by atoms with Gasteiger partial charge in [-0.3, -0.25) is 27.9 Å². The van der Waals surface area contributed by atoms with Gasteiger partial charge in [-0.1, -0.05) is 0 Å². The van der Waals surface area contributed by atoms with Gasteiger partial charge in [0.2, 0.25) is 5.95 Å². The van der Waals surface area contributed by atoms with Crippen molar-refractivity contribution in [2.75, 3.05) is 38.9 Å². The van der Waals surface area contributed by atoms with E-state index in [0.717, 1.165) is 11.5 Å². The number of nitrogens with two attached hydrogens (primary N) is 2. The van der Waals surface area contributed by atoms with Gasteiger partial charge in [0.15, 0.2) is 23.2 Å². The molecule has 48 heavy (non-hydrogen) atoms. The first kappa shape index (κ1) is 33.9. The lowest BCUT2D eigenvalue weighted by molar-refractivity contribution is -0.114. The lowest BCUT2D eigenvalue weighted by atomic mass is 9.98. The number of hydrogen-bond acceptors (Lipinski definition) is 19. The Balaban J connectivity index is 1.26. The number of aromatic amines is 1. The second-order valence-electron chi connectivity index (χ2n) is 11.2. The van der Waals surface area contributed by atoms with E-state index >= 15 is 0 Å². The summed E-state index contributed by atoms with van der Waals surface area (Å²) in [5.41, 5.74) is 10.2. The summed E-state index contributed by atoms with van der Waals surface area (Å²) >= 11 is 6.31. The molecule has 0 radical (unpaired) electrons. The van der Waals surface area contributed by atoms with E-state index in [1.165, 1.54) is 38.4 Å². The van der Waals surface area contributed by atoms with E-state index in [1.807, 2.05) is 0 Å². The topological polar surface area (TPSA) is 286 Å². The van der Waals surface area contributed by atoms with Crippen LogP contribution in [0.5, 0.6) is 0 Å². The molecule has 3 aliphatic rings. The molecule has 260 valence electrons. The lowest BCUT2D eigenvalue weighted by Gasteiger charge is -2.33. The van der Waals surface area contributed by atoms with E-state index in [-0.39, 0.29) is 38.8 Å². The molecule has 10 atom stereocenters. The maximum absolute atomic E-state index is 13.6. The van der Waals surface area contributed by atoms with E-state index in [9.17, 15) is 19.1 Å². The van der Waals surface area contributed by atoms with Crippen molar-refractivity contribution in [1.29, 1.82) is 0 Å². The first-order chi connectivity index (χ1) is 22.7. The number of anilines is 2. The molecule has 3 aliphatic heterocycles. The average molecular weight is 750 g/mol. The van der Waals surface area contributed by atoms with Crippen LogP contribution in [0.25, 0.3) is 22.2 Å². The predicted octanol–water partition coefficient (Wildman–Crippen LogP) is 0.276. The second kappa shape index (κ2) is 12.3. The van der Waals surface area contributed by atoms with E-state index in [4.69, 9.17) is 60.3 Å². The number of phosphoric ester groups is 1. The van der Waals surface area contributed by atoms with Crippen LogP contribution in [0.1, 0.15) is 24.1 Å². The zero-order valence-corrected chi connectivity index (χ0v) is 28.6. The molecule has 21 nitrogen and oxygen atoms in total. The van der Waals surface area contributed by atoms with Crippen molar-refractivity contribution in [2.45, 2.75) is 55.4 Å². The Bertz CT molecular complexity index is 2030. The third kappa shape index (κ3) is 5.86. The molecule has 4 aromatic heterocycles. The number of nitrogens with one attached hydrogen (secondary N) is 1. The highest BCUT2D eigenvalue weighted by Gasteiger charge is 2.59. The summed E-state index contributed by atoms with van der Waals surface area (Å²) in [6.45, 7) is -3.78. The Morgan fingerprint density at radius 3 is 2.65 bits per heavy atom. The normalized spacial score (nSPS) is 37.6. The fourth-order valence-corrected chi connectivity index (χ4v) is 9.36. The highest BCUT2D eigenvalue weighted by atomic mass is 32.5. The third-order valence-corrected chi connectivity index (χ3v) is 11.5. The number of H-pyrrole nitrogens is 1. The van der Waals surface area contributed by atoms with Gasteiger partial charge in [0, 0.05) is 14.2 Å². The Morgan fingerprint density at radius 1 is 1.12 bits per heavy atom. The van der Waals surface area contributed by atoms with Crippen LogP contribution in [0.15, 0.2) is 17.4 Å². The zero-order valence-electron chi connectivity index (χ0n) is 25.1. The number of nitrogen functional groups attached to an aromatic ring is 2. The molecule has 2 unspecified atom stereocenters. The molecular formula is C23H29N9O12P2S2. The first-order valence-corrected chi connectivity index (χ1v) is 18.9. The molecule has 0 aromatic carbocycles. The summed E-state index contributed by atoms with van der Waals surface area (Å²) in [5, 5.41) is 0. The van der Waals surface area contributed by atoms with E-state index in [0.29, 0.717) is 0 Å². The molecule has 0 spiro atoms. The van der Waals surface area contributed by atoms with Crippen molar-refractivity contribution in [2.24, 2.45) is 0 Å². The van der Waals surface area contributed by atoms with Crippen LogP contribution in [0, 0.1) is 0 Å². The molecule has 3 saturated heterocycles. The fraction of sp³-hybridized carbons (Fsp3) is 0.565. The van der Waals surface area contributed by atoms with Crippen LogP contribution in [0.4, 0.5) is 11.8 Å². The number of phosphoric acid groups is 1. The Kier molecular flexibility index (Phi) is 8.69. The monoisotopic (exact) mass is 749 g/mol. The van der Waals surface area contributed by atoms with Crippen molar-refractivity contribution < 1.29 is 51.4 Å². The van der Waals surface area contributed by atoms with Crippen molar-refractivity contribution in [3.63, 3.8) is 0 Å². The standard InChI is InChI=1S/C23H29N9O12P2S2/c1-23-5-40-46(36,47)43-13-12(37-2)8(41-14(13)16-9-10(31-48-16)20(33)30-22(25)29-9)4-39-45(34,35)44-17(23)15(38-3)21(42-23)32-7-28-11-18(24)26-6-27-19(11)32/h6-8,12-15,17,21H,4-5H2,1-3H3,(H,34,35)(H,36,47)(H2,24,26,27)(H3,25,29,30,33)/t8-,12-,13-,14-,15-,17+,21-,23-,46?/m1/s1. The van der Waals surface area contributed by atoms with Crippen LogP contribution in [-0.2, 0) is 53.4 Å². The number of hydrogen-bond donors (Lipinski definition) is 5. The lowest BCUT2D eigenvalue weighted by Crippen LogP contribution is -2.46. The molecule has 7 heterocycles. The largest absolute Gasteiger partial charge is 0.472 e. The van der Waals surface area contributed by atoms with Crippen molar-refractivity contribution in [1.82, 2.24) is 33.9 Å². The number of fused-ring (bicyclic) bond motifs is 5. The van der Waals surface area contributed by atoms with Gasteiger partial charge in [-0.15, -0.1) is 0 Å². The van der Waals surface area contributed by atoms with Crippen molar-refractivity contribution in [3.05, 3.63) is 27.9 Å². The molecule has 7 rings (SSSR count). The summed E-state index contributed by atoms with van der Waals surface area (Å²) in [4.78, 5) is 54.2. The van der Waals surface area contributed by atoms with Gasteiger partial charge in [0.05, 0.1) is 24.4 Å². The number of nitrogens with zero attached hydrogens (tertiary/aromatic N) is 6. The summed E-state index contributed by atoms with van der Waals surface area (Å²) in [5.74, 6) is -0.0531. The highest BCUT2D eigenvalue weighted by Crippen LogP contribution is 2.57. The fourth-order valence-electron chi connectivity index (χ4n) is 5.98. The SMILES string of the molecule is CO[C@H]1[C@H]2OP(O)(=S)OC[C@@]3(C)O[C@@H](n4cnc5c(N)ncnc54)[C@H](OC)[C@@H]3OP(=O)(O)OC[C@H]1O[C@H]2c1snc2c(=O)[nH]c(N)nc12. The Hall–Kier alpha value is -2.60. The average Bonchev–Trinajstić information content (AvgIpc) is 3.78. The van der Waals surface area contributed by atoms with Crippen molar-refractivity contribution in [3.8, 4) is 0 Å². The molecular weight excluding hydrogens is 720 g/mol. The summed E-state index contributed by atoms with van der Waals surface area (Å²) < 4.78 is 66.2. The number of rotatable bonds is 4. The highest BCUT2D eigenvalue weighted by molar-refractivity contribution is 8.07. The first-order valence-electron chi connectivity index (χ1n) is 14.0. The molecule has 7 N–H and O–H groups in total. The molecule has 2 bridgehead atoms. The minimum absolute atomic E-state index is 0.0121. The molecule has 4 aromatic rings. The van der Waals surface area contributed by atoms with Crippen LogP contribution < -0.4 is 17.0 Å². The molecule has 25 heteroatoms. The molecule has 0 saturated carbocycles. The van der Waals surface area contributed by atoms with E-state index in [1.54, 1.807) is 0 Å². The van der Waals surface area contributed by atoms with E-state index < -0.39 is 81.8 Å². The van der Waals surface area contributed by atoms with Gasteiger partial charge in [0.25, 0.3) is 5.56 Å². The Morgan fingerprint density at radius 2 is 1.90 bits per heavy atom. The molecule has 0 amide bonds. The number of methoxy groups -OCH3 is 2. The molecule has 3 fully saturated rings. The van der Waals surface area contributed by atoms with E-state index in [2.05, 4.69) is 29.3 Å². The summed E-state index contributed by atoms with van der Waals surface area (Å²) in [7, 11) is -2.25. The van der Waals surface area contributed by atoms with Crippen LogP contribution in [0.2, 0.25) is 0 Å². The van der Waals surface area contributed by atoms with Gasteiger partial charge < -0.3 is 44.7 Å². The summed E-state index contributed by atoms with van der Waals surface area (Å²) in [6, 6.07) is 0. The number of imidazole rings is 1. The van der Waals surface area contributed by atoms with Crippen LogP contribution in [-0.4, -0.2) is 107 Å². The summed E-state index contributed by atoms with van der Waals surface area (Å²) in [6.07, 6.45) is -5.36. The maximum Gasteiger partial charge on any atom is 0.472 e. The van der Waals surface area contributed by atoms with Crippen LogP contribution in [0.3, 0.4) is 0 Å². The van der Waals surface area contributed by atoms with Gasteiger partial charge in [-0.05, 0) is 30.3 Å². The van der Waals surface area contributed by atoms with Gasteiger partial charge in [0.1, 0.15) is 59.6 Å². The maximum atomic E-state index is 13.6. The third-order valence-electron chi connectivity index (χ3n) is 8.15. The van der Waals surface area contributed by atoms with Crippen LogP contribution >= 0.6 is 26.1 Å². The zero-order chi connectivity index (χ0) is 34.2. The number of ether oxygens (including phenoxy) is 4. The number of aromatic nitrogens is 7. The smallest absolute Gasteiger partial charge is 0.382 e. The minimum Gasteiger partial charge on any atom is -0.382 e.